The minimum Gasteiger partial charge on any atom is -0.497 e. The summed E-state index contributed by atoms with van der Waals surface area (Å²) < 4.78 is 6.17. The summed E-state index contributed by atoms with van der Waals surface area (Å²) in [5.41, 5.74) is 1.88. The lowest BCUT2D eigenvalue weighted by atomic mass is 10.1. The summed E-state index contributed by atoms with van der Waals surface area (Å²) in [5, 5.41) is 2.93. The summed E-state index contributed by atoms with van der Waals surface area (Å²) in [5.74, 6) is 0.814. The molecule has 0 aliphatic heterocycles. The van der Waals surface area contributed by atoms with E-state index in [9.17, 15) is 4.79 Å². The van der Waals surface area contributed by atoms with E-state index in [2.05, 4.69) is 27.9 Å². The van der Waals surface area contributed by atoms with Crippen LogP contribution in [0.5, 0.6) is 5.75 Å². The Hall–Kier alpha value is -1.56. The molecule has 20 heavy (non-hydrogen) atoms. The third-order valence-electron chi connectivity index (χ3n) is 2.95. The molecule has 0 bridgehead atoms. The Morgan fingerprint density at radius 3 is 2.60 bits per heavy atom. The summed E-state index contributed by atoms with van der Waals surface area (Å²) in [6.45, 7) is 0.622. The molecule has 0 aliphatic rings. The first-order valence-electron chi connectivity index (χ1n) is 6.36. The van der Waals surface area contributed by atoms with Crippen molar-refractivity contribution in [3.63, 3.8) is 0 Å². The molecule has 0 saturated heterocycles. The molecule has 0 spiro atoms. The predicted molar refractivity (Wildman–Crippen MR) is 88.2 cm³/mol. The lowest BCUT2D eigenvalue weighted by molar-refractivity contribution is 0.0954. The van der Waals surface area contributed by atoms with Gasteiger partial charge in [-0.05, 0) is 64.9 Å². The monoisotopic (exact) mass is 381 g/mol. The molecule has 1 N–H and O–H groups in total. The van der Waals surface area contributed by atoms with Gasteiger partial charge in [-0.25, -0.2) is 0 Å². The van der Waals surface area contributed by atoms with Crippen LogP contribution >= 0.6 is 22.6 Å². The Labute approximate surface area is 132 Å². The average molecular weight is 381 g/mol. The molecule has 2 aromatic carbocycles. The van der Waals surface area contributed by atoms with Crippen molar-refractivity contribution in [1.82, 2.24) is 5.32 Å². The minimum atomic E-state index is -0.0305. The number of carbonyl (C=O) groups excluding carboxylic acids is 1. The van der Waals surface area contributed by atoms with Gasteiger partial charge in [0.05, 0.1) is 7.11 Å². The maximum atomic E-state index is 12.0. The fourth-order valence-corrected chi connectivity index (χ4v) is 2.39. The molecule has 0 atom stereocenters. The first-order valence-corrected chi connectivity index (χ1v) is 7.43. The van der Waals surface area contributed by atoms with Crippen LogP contribution in [0.3, 0.4) is 0 Å². The maximum absolute atomic E-state index is 12.0. The van der Waals surface area contributed by atoms with Crippen LogP contribution in [0.25, 0.3) is 0 Å². The second-order valence-electron chi connectivity index (χ2n) is 4.36. The van der Waals surface area contributed by atoms with Gasteiger partial charge >= 0.3 is 0 Å². The Kier molecular flexibility index (Phi) is 5.40. The Morgan fingerprint density at radius 1 is 1.20 bits per heavy atom. The van der Waals surface area contributed by atoms with Crippen LogP contribution in [0.2, 0.25) is 0 Å². The molecular weight excluding hydrogens is 365 g/mol. The second kappa shape index (κ2) is 7.28. The zero-order valence-corrected chi connectivity index (χ0v) is 13.4. The lowest BCUT2D eigenvalue weighted by Crippen LogP contribution is -2.25. The van der Waals surface area contributed by atoms with Crippen molar-refractivity contribution < 1.29 is 9.53 Å². The van der Waals surface area contributed by atoms with E-state index in [0.29, 0.717) is 12.1 Å². The smallest absolute Gasteiger partial charge is 0.251 e. The van der Waals surface area contributed by atoms with Crippen molar-refractivity contribution in [2.75, 3.05) is 13.7 Å². The van der Waals surface area contributed by atoms with Gasteiger partial charge in [0.15, 0.2) is 0 Å². The van der Waals surface area contributed by atoms with E-state index < -0.39 is 0 Å². The van der Waals surface area contributed by atoms with Crippen molar-refractivity contribution in [2.45, 2.75) is 6.42 Å². The van der Waals surface area contributed by atoms with E-state index in [1.165, 1.54) is 5.56 Å². The molecule has 2 aromatic rings. The highest BCUT2D eigenvalue weighted by atomic mass is 127. The fraction of sp³-hybridized carbons (Fsp3) is 0.188. The summed E-state index contributed by atoms with van der Waals surface area (Å²) in [7, 11) is 1.65. The lowest BCUT2D eigenvalue weighted by Gasteiger charge is -2.06. The van der Waals surface area contributed by atoms with Crippen LogP contribution < -0.4 is 10.1 Å². The number of hydrogen-bond acceptors (Lipinski definition) is 2. The molecule has 3 nitrogen and oxygen atoms in total. The molecule has 0 radical (unpaired) electrons. The third kappa shape index (κ3) is 4.23. The second-order valence-corrected chi connectivity index (χ2v) is 5.61. The van der Waals surface area contributed by atoms with Crippen molar-refractivity contribution in [1.29, 1.82) is 0 Å². The molecule has 0 saturated carbocycles. The number of nitrogens with one attached hydrogen (secondary N) is 1. The van der Waals surface area contributed by atoms with Gasteiger partial charge in [0.2, 0.25) is 0 Å². The van der Waals surface area contributed by atoms with Gasteiger partial charge in [-0.1, -0.05) is 18.2 Å². The van der Waals surface area contributed by atoms with E-state index in [-0.39, 0.29) is 5.91 Å². The highest BCUT2D eigenvalue weighted by Crippen LogP contribution is 2.11. The largest absolute Gasteiger partial charge is 0.497 e. The van der Waals surface area contributed by atoms with E-state index in [1.807, 2.05) is 48.5 Å². The van der Waals surface area contributed by atoms with Crippen LogP contribution in [0.1, 0.15) is 15.9 Å². The van der Waals surface area contributed by atoms with Gasteiger partial charge in [-0.15, -0.1) is 0 Å². The van der Waals surface area contributed by atoms with Gasteiger partial charge in [-0.3, -0.25) is 4.79 Å². The Morgan fingerprint density at radius 2 is 1.95 bits per heavy atom. The zero-order chi connectivity index (χ0) is 14.4. The standard InChI is InChI=1S/C16H16INO2/c1-20-15-7-5-12(6-8-15)9-10-18-16(19)13-3-2-4-14(17)11-13/h2-8,11H,9-10H2,1H3,(H,18,19). The van der Waals surface area contributed by atoms with Crippen molar-refractivity contribution >= 4 is 28.5 Å². The first kappa shape index (κ1) is 14.8. The average Bonchev–Trinajstić information content (AvgIpc) is 2.48. The van der Waals surface area contributed by atoms with Crippen LogP contribution in [-0.4, -0.2) is 19.6 Å². The molecule has 0 aliphatic carbocycles. The Bertz CT molecular complexity index is 581. The maximum Gasteiger partial charge on any atom is 0.251 e. The molecule has 0 aromatic heterocycles. The van der Waals surface area contributed by atoms with Gasteiger partial charge in [0.25, 0.3) is 5.91 Å². The topological polar surface area (TPSA) is 38.3 Å². The highest BCUT2D eigenvalue weighted by Gasteiger charge is 2.04. The molecular formula is C16H16INO2. The van der Waals surface area contributed by atoms with Gasteiger partial charge in [0.1, 0.15) is 5.75 Å². The predicted octanol–water partition coefficient (Wildman–Crippen LogP) is 3.27. The van der Waals surface area contributed by atoms with Crippen LogP contribution in [0.15, 0.2) is 48.5 Å². The number of amides is 1. The van der Waals surface area contributed by atoms with Crippen molar-refractivity contribution in [3.8, 4) is 5.75 Å². The molecule has 104 valence electrons. The molecule has 4 heteroatoms. The zero-order valence-electron chi connectivity index (χ0n) is 11.2. The number of carbonyl (C=O) groups is 1. The Balaban J connectivity index is 1.84. The third-order valence-corrected chi connectivity index (χ3v) is 3.62. The van der Waals surface area contributed by atoms with E-state index in [0.717, 1.165) is 15.7 Å². The van der Waals surface area contributed by atoms with E-state index in [1.54, 1.807) is 7.11 Å². The van der Waals surface area contributed by atoms with Gasteiger partial charge in [-0.2, -0.15) is 0 Å². The summed E-state index contributed by atoms with van der Waals surface area (Å²) in [6, 6.07) is 15.4. The van der Waals surface area contributed by atoms with Crippen LogP contribution in [0.4, 0.5) is 0 Å². The van der Waals surface area contributed by atoms with Crippen LogP contribution in [-0.2, 0) is 6.42 Å². The molecule has 1 amide bonds. The van der Waals surface area contributed by atoms with Crippen molar-refractivity contribution in [2.24, 2.45) is 0 Å². The summed E-state index contributed by atoms with van der Waals surface area (Å²) >= 11 is 2.20. The van der Waals surface area contributed by atoms with Crippen molar-refractivity contribution in [3.05, 3.63) is 63.2 Å². The van der Waals surface area contributed by atoms with Gasteiger partial charge < -0.3 is 10.1 Å². The molecule has 0 unspecified atom stereocenters. The number of hydrogen-bond donors (Lipinski definition) is 1. The molecule has 2 rings (SSSR count). The number of halogens is 1. The normalized spacial score (nSPS) is 10.1. The minimum absolute atomic E-state index is 0.0305. The number of ether oxygens (including phenoxy) is 1. The molecule has 0 heterocycles. The number of benzene rings is 2. The van der Waals surface area contributed by atoms with Gasteiger partial charge in [0, 0.05) is 15.7 Å². The molecule has 0 fully saturated rings. The van der Waals surface area contributed by atoms with E-state index >= 15 is 0 Å². The fourth-order valence-electron chi connectivity index (χ4n) is 1.84. The highest BCUT2D eigenvalue weighted by molar-refractivity contribution is 14.1. The SMILES string of the molecule is COc1ccc(CCNC(=O)c2cccc(I)c2)cc1. The van der Waals surface area contributed by atoms with Crippen LogP contribution in [0, 0.1) is 3.57 Å². The summed E-state index contributed by atoms with van der Waals surface area (Å²) in [6.07, 6.45) is 0.805. The number of rotatable bonds is 5. The number of methoxy groups -OCH3 is 1. The summed E-state index contributed by atoms with van der Waals surface area (Å²) in [4.78, 5) is 12.0. The first-order chi connectivity index (χ1) is 9.69. The quantitative estimate of drug-likeness (QED) is 0.808. The van der Waals surface area contributed by atoms with E-state index in [4.69, 9.17) is 4.74 Å².